The number of ketones is 3. The van der Waals surface area contributed by atoms with Gasteiger partial charge < -0.3 is 0 Å². The van der Waals surface area contributed by atoms with Crippen molar-refractivity contribution in [1.82, 2.24) is 9.97 Å². The van der Waals surface area contributed by atoms with Crippen LogP contribution in [0.1, 0.15) is 41.0 Å². The molecule has 136 valence electrons. The van der Waals surface area contributed by atoms with Gasteiger partial charge in [0.1, 0.15) is 17.4 Å². The maximum atomic E-state index is 13.8. The first-order chi connectivity index (χ1) is 12.1. The minimum Gasteiger partial charge on any atom is -0.298 e. The van der Waals surface area contributed by atoms with Crippen LogP contribution in [0.2, 0.25) is 0 Å². The van der Waals surface area contributed by atoms with E-state index in [4.69, 9.17) is 11.6 Å². The second kappa shape index (κ2) is 6.42. The number of halogens is 4. The maximum Gasteiger partial charge on any atom is 0.365 e. The Morgan fingerprint density at radius 1 is 1.19 bits per heavy atom. The summed E-state index contributed by atoms with van der Waals surface area (Å²) in [4.78, 5) is 44.1. The van der Waals surface area contributed by atoms with Crippen molar-refractivity contribution in [2.75, 3.05) is 0 Å². The van der Waals surface area contributed by atoms with E-state index in [2.05, 4.69) is 9.97 Å². The molecule has 0 bridgehead atoms. The molecule has 2 aromatic rings. The highest BCUT2D eigenvalue weighted by molar-refractivity contribution is 6.27. The third-order valence-corrected chi connectivity index (χ3v) is 4.40. The Kier molecular flexibility index (Phi) is 4.56. The van der Waals surface area contributed by atoms with Gasteiger partial charge in [0.25, 0.3) is 0 Å². The number of alkyl halides is 3. The lowest BCUT2D eigenvalue weighted by Crippen LogP contribution is -2.36. The molecule has 1 fully saturated rings. The molecule has 2 aromatic heterocycles. The van der Waals surface area contributed by atoms with Gasteiger partial charge in [0.05, 0.1) is 5.69 Å². The second-order valence-corrected chi connectivity index (χ2v) is 6.54. The summed E-state index contributed by atoms with van der Waals surface area (Å²) in [5, 5.41) is -4.05. The topological polar surface area (TPSA) is 77.0 Å². The van der Waals surface area contributed by atoms with E-state index in [1.165, 1.54) is 6.92 Å². The highest BCUT2D eigenvalue weighted by atomic mass is 35.5. The monoisotopic (exact) mass is 384 g/mol. The lowest BCUT2D eigenvalue weighted by molar-refractivity contribution is -0.133. The summed E-state index contributed by atoms with van der Waals surface area (Å²) < 4.78 is 41.4. The molecule has 0 amide bonds. The van der Waals surface area contributed by atoms with Gasteiger partial charge in [0.2, 0.25) is 0 Å². The van der Waals surface area contributed by atoms with Crippen molar-refractivity contribution in [3.8, 4) is 0 Å². The number of Topliss-reactive ketones (excluding diaryl/α,β-unsaturated/α-hetero) is 3. The Morgan fingerprint density at radius 2 is 1.81 bits per heavy atom. The molecule has 0 unspecified atom stereocenters. The molecule has 0 aromatic carbocycles. The minimum atomic E-state index is -4.04. The van der Waals surface area contributed by atoms with Gasteiger partial charge in [-0.05, 0) is 37.1 Å². The second-order valence-electron chi connectivity index (χ2n) is 6.07. The molecule has 0 aliphatic heterocycles. The third-order valence-electron chi connectivity index (χ3n) is 4.22. The van der Waals surface area contributed by atoms with Gasteiger partial charge in [-0.2, -0.15) is 8.78 Å². The Morgan fingerprint density at radius 3 is 2.38 bits per heavy atom. The molecule has 1 aliphatic rings. The first-order valence-corrected chi connectivity index (χ1v) is 8.12. The van der Waals surface area contributed by atoms with Crippen LogP contribution in [0.5, 0.6) is 0 Å². The molecule has 0 radical (unpaired) electrons. The number of rotatable bonds is 3. The van der Waals surface area contributed by atoms with Crippen LogP contribution >= 0.6 is 11.6 Å². The molecule has 1 saturated carbocycles. The molecule has 0 N–H and O–H groups in total. The van der Waals surface area contributed by atoms with Crippen molar-refractivity contribution in [1.29, 1.82) is 0 Å². The zero-order valence-corrected chi connectivity index (χ0v) is 14.2. The molecule has 9 heteroatoms. The summed E-state index contributed by atoms with van der Waals surface area (Å²) in [6.45, 7) is 1.33. The summed E-state index contributed by atoms with van der Waals surface area (Å²) in [7, 11) is 0. The molecule has 3 rings (SSSR count). The van der Waals surface area contributed by atoms with Crippen LogP contribution in [-0.4, -0.2) is 27.3 Å². The van der Waals surface area contributed by atoms with Crippen LogP contribution in [0.15, 0.2) is 12.1 Å². The van der Waals surface area contributed by atoms with E-state index in [1.807, 2.05) is 0 Å². The number of aromatic nitrogens is 2. The van der Waals surface area contributed by atoms with Crippen LogP contribution in [0.4, 0.5) is 13.2 Å². The lowest BCUT2D eigenvalue weighted by atomic mass is 9.81. The average Bonchev–Trinajstić information content (AvgIpc) is 2.53. The quantitative estimate of drug-likeness (QED) is 0.460. The number of carbonyl (C=O) groups is 3. The maximum absolute atomic E-state index is 13.8. The number of hydrogen-bond donors (Lipinski definition) is 0. The van der Waals surface area contributed by atoms with Crippen molar-refractivity contribution in [3.05, 3.63) is 34.9 Å². The van der Waals surface area contributed by atoms with E-state index >= 15 is 0 Å². The summed E-state index contributed by atoms with van der Waals surface area (Å²) in [5.74, 6) is -4.76. The Hall–Kier alpha value is -2.35. The summed E-state index contributed by atoms with van der Waals surface area (Å²) in [6, 6.07) is 1.93. The molecular formula is C17H12ClF3N2O3. The number of aryl methyl sites for hydroxylation is 1. The molecule has 26 heavy (non-hydrogen) atoms. The van der Waals surface area contributed by atoms with E-state index in [0.29, 0.717) is 6.42 Å². The van der Waals surface area contributed by atoms with E-state index in [0.717, 1.165) is 12.1 Å². The third kappa shape index (κ3) is 3.21. The first kappa shape index (κ1) is 18.4. The zero-order chi connectivity index (χ0) is 19.2. The van der Waals surface area contributed by atoms with E-state index in [-0.39, 0.29) is 29.6 Å². The standard InChI is InChI=1S/C17H12ClF3N2O3/c1-7-10(19)6-8-5-9(15(17(18,20)21)23-16(8)22-7)14(26)13-11(24)3-2-4-12(13)25/h5-6,13H,2-4H2,1H3. The predicted molar refractivity (Wildman–Crippen MR) is 85.7 cm³/mol. The predicted octanol–water partition coefficient (Wildman–Crippen LogP) is 3.49. The van der Waals surface area contributed by atoms with Gasteiger partial charge in [-0.15, -0.1) is 0 Å². The van der Waals surface area contributed by atoms with Crippen molar-refractivity contribution in [2.45, 2.75) is 31.6 Å². The average molecular weight is 385 g/mol. The zero-order valence-electron chi connectivity index (χ0n) is 13.5. The van der Waals surface area contributed by atoms with Crippen LogP contribution < -0.4 is 0 Å². The molecule has 5 nitrogen and oxygen atoms in total. The lowest BCUT2D eigenvalue weighted by Gasteiger charge is -2.20. The molecule has 0 atom stereocenters. The van der Waals surface area contributed by atoms with Crippen LogP contribution in [0, 0.1) is 18.7 Å². The van der Waals surface area contributed by atoms with Gasteiger partial charge in [-0.1, -0.05) is 0 Å². The largest absolute Gasteiger partial charge is 0.365 e. The Labute approximate surface area is 150 Å². The van der Waals surface area contributed by atoms with Gasteiger partial charge in [-0.25, -0.2) is 14.4 Å². The number of nitrogens with zero attached hydrogens (tertiary/aromatic N) is 2. The summed E-state index contributed by atoms with van der Waals surface area (Å²) in [5.41, 5.74) is -2.08. The fraction of sp³-hybridized carbons (Fsp3) is 0.353. The molecule has 1 aliphatic carbocycles. The number of carbonyl (C=O) groups excluding carboxylic acids is 3. The minimum absolute atomic E-state index is 0.00510. The summed E-state index contributed by atoms with van der Waals surface area (Å²) in [6.07, 6.45) is 0.320. The van der Waals surface area contributed by atoms with Gasteiger partial charge in [-0.3, -0.25) is 14.4 Å². The number of hydrogen-bond acceptors (Lipinski definition) is 5. The van der Waals surface area contributed by atoms with E-state index in [1.54, 1.807) is 0 Å². The summed E-state index contributed by atoms with van der Waals surface area (Å²) >= 11 is 5.07. The van der Waals surface area contributed by atoms with Crippen LogP contribution in [0.3, 0.4) is 0 Å². The molecular weight excluding hydrogens is 373 g/mol. The SMILES string of the molecule is Cc1nc2nc(C(F)(F)Cl)c(C(=O)C3C(=O)CCCC3=O)cc2cc1F. The van der Waals surface area contributed by atoms with E-state index < -0.39 is 45.7 Å². The van der Waals surface area contributed by atoms with Crippen molar-refractivity contribution in [2.24, 2.45) is 5.92 Å². The first-order valence-electron chi connectivity index (χ1n) is 7.74. The Bertz CT molecular complexity index is 940. The normalized spacial score (nSPS) is 16.3. The number of fused-ring (bicyclic) bond motifs is 1. The molecule has 0 spiro atoms. The van der Waals surface area contributed by atoms with Crippen molar-refractivity contribution < 1.29 is 27.6 Å². The molecule has 0 saturated heterocycles. The van der Waals surface area contributed by atoms with Gasteiger partial charge >= 0.3 is 5.38 Å². The fourth-order valence-corrected chi connectivity index (χ4v) is 3.07. The van der Waals surface area contributed by atoms with Crippen LogP contribution in [-0.2, 0) is 15.0 Å². The highest BCUT2D eigenvalue weighted by Crippen LogP contribution is 2.36. The van der Waals surface area contributed by atoms with Crippen molar-refractivity contribution in [3.63, 3.8) is 0 Å². The smallest absolute Gasteiger partial charge is 0.298 e. The van der Waals surface area contributed by atoms with Gasteiger partial charge in [0.15, 0.2) is 23.0 Å². The molecule has 2 heterocycles. The van der Waals surface area contributed by atoms with Gasteiger partial charge in [0, 0.05) is 23.8 Å². The van der Waals surface area contributed by atoms with Crippen LogP contribution in [0.25, 0.3) is 11.0 Å². The van der Waals surface area contributed by atoms with Crippen molar-refractivity contribution >= 4 is 40.0 Å². The fourth-order valence-electron chi connectivity index (χ4n) is 2.93. The highest BCUT2D eigenvalue weighted by Gasteiger charge is 2.42. The number of pyridine rings is 2. The van der Waals surface area contributed by atoms with E-state index in [9.17, 15) is 27.6 Å². The Balaban J connectivity index is 2.22.